The molecule has 0 bridgehead atoms. The fourth-order valence-corrected chi connectivity index (χ4v) is 2.65. The van der Waals surface area contributed by atoms with Gasteiger partial charge in [0.2, 0.25) is 5.91 Å². The predicted molar refractivity (Wildman–Crippen MR) is 78.9 cm³/mol. The van der Waals surface area contributed by atoms with Crippen LogP contribution in [0.3, 0.4) is 0 Å². The van der Waals surface area contributed by atoms with Crippen molar-refractivity contribution >= 4 is 42.1 Å². The third kappa shape index (κ3) is 4.39. The van der Waals surface area contributed by atoms with Crippen LogP contribution in [-0.2, 0) is 4.79 Å². The van der Waals surface area contributed by atoms with Gasteiger partial charge in [0.15, 0.2) is 0 Å². The molecule has 1 aromatic heterocycles. The number of nitrogens with one attached hydrogen (secondary N) is 2. The predicted octanol–water partition coefficient (Wildman–Crippen LogP) is 2.08. The van der Waals surface area contributed by atoms with Crippen LogP contribution in [-0.4, -0.2) is 24.0 Å². The van der Waals surface area contributed by atoms with Gasteiger partial charge in [0.05, 0.1) is 12.0 Å². The molecule has 18 heavy (non-hydrogen) atoms. The number of aromatic nitrogens is 1. The van der Waals surface area contributed by atoms with Crippen molar-refractivity contribution in [3.8, 4) is 0 Å². The van der Waals surface area contributed by atoms with Crippen molar-refractivity contribution in [1.82, 2.24) is 15.6 Å². The molecule has 0 aromatic carbocycles. The number of amides is 1. The van der Waals surface area contributed by atoms with E-state index in [0.29, 0.717) is 0 Å². The van der Waals surface area contributed by atoms with E-state index in [2.05, 4.69) is 15.6 Å². The maximum atomic E-state index is 11.9. The molecule has 4 nitrogen and oxygen atoms in total. The molecule has 2 heterocycles. The van der Waals surface area contributed by atoms with Gasteiger partial charge in [0, 0.05) is 17.6 Å². The van der Waals surface area contributed by atoms with Crippen LogP contribution in [0.25, 0.3) is 0 Å². The SMILES string of the molecule is Cc1csc(C(C)NC(=O)C2CCNC2)n1.Cl.Cl. The van der Waals surface area contributed by atoms with Gasteiger partial charge in [-0.05, 0) is 26.8 Å². The highest BCUT2D eigenvalue weighted by atomic mass is 35.5. The van der Waals surface area contributed by atoms with Crippen molar-refractivity contribution in [2.45, 2.75) is 26.3 Å². The summed E-state index contributed by atoms with van der Waals surface area (Å²) in [5.41, 5.74) is 1.02. The average Bonchev–Trinajstić information content (AvgIpc) is 2.87. The van der Waals surface area contributed by atoms with Gasteiger partial charge in [-0.25, -0.2) is 4.98 Å². The molecule has 1 aromatic rings. The number of thiazole rings is 1. The zero-order chi connectivity index (χ0) is 11.5. The number of rotatable bonds is 3. The lowest BCUT2D eigenvalue weighted by Gasteiger charge is -2.14. The molecule has 1 aliphatic heterocycles. The Kier molecular flexibility index (Phi) is 7.78. The molecule has 1 fully saturated rings. The lowest BCUT2D eigenvalue weighted by molar-refractivity contribution is -0.125. The van der Waals surface area contributed by atoms with E-state index in [1.807, 2.05) is 19.2 Å². The largest absolute Gasteiger partial charge is 0.347 e. The van der Waals surface area contributed by atoms with Gasteiger partial charge in [0.1, 0.15) is 5.01 Å². The van der Waals surface area contributed by atoms with Crippen molar-refractivity contribution < 1.29 is 4.79 Å². The summed E-state index contributed by atoms with van der Waals surface area (Å²) in [4.78, 5) is 16.2. The summed E-state index contributed by atoms with van der Waals surface area (Å²) >= 11 is 1.60. The highest BCUT2D eigenvalue weighted by Gasteiger charge is 2.24. The molecule has 0 radical (unpaired) electrons. The first-order chi connectivity index (χ1) is 7.66. The minimum absolute atomic E-state index is 0. The fraction of sp³-hybridized carbons (Fsp3) is 0.636. The zero-order valence-electron chi connectivity index (χ0n) is 10.4. The summed E-state index contributed by atoms with van der Waals surface area (Å²) in [5.74, 6) is 0.272. The third-order valence-corrected chi connectivity index (χ3v) is 3.94. The van der Waals surface area contributed by atoms with Crippen molar-refractivity contribution in [2.75, 3.05) is 13.1 Å². The Bertz CT molecular complexity index is 380. The monoisotopic (exact) mass is 311 g/mol. The van der Waals surface area contributed by atoms with E-state index in [4.69, 9.17) is 0 Å². The van der Waals surface area contributed by atoms with Crippen LogP contribution >= 0.6 is 36.2 Å². The number of hydrogen-bond donors (Lipinski definition) is 2. The smallest absolute Gasteiger partial charge is 0.224 e. The number of halogens is 2. The van der Waals surface area contributed by atoms with Crippen LogP contribution in [0.5, 0.6) is 0 Å². The van der Waals surface area contributed by atoms with E-state index < -0.39 is 0 Å². The van der Waals surface area contributed by atoms with E-state index in [1.54, 1.807) is 11.3 Å². The normalized spacial score (nSPS) is 19.6. The van der Waals surface area contributed by atoms with Crippen molar-refractivity contribution in [3.05, 3.63) is 16.1 Å². The lowest BCUT2D eigenvalue weighted by Crippen LogP contribution is -2.33. The summed E-state index contributed by atoms with van der Waals surface area (Å²) in [6, 6.07) is 0.0202. The van der Waals surface area contributed by atoms with Crippen molar-refractivity contribution in [2.24, 2.45) is 5.92 Å². The minimum Gasteiger partial charge on any atom is -0.347 e. The number of aryl methyl sites for hydroxylation is 1. The minimum atomic E-state index is 0. The number of carbonyl (C=O) groups is 1. The van der Waals surface area contributed by atoms with Gasteiger partial charge < -0.3 is 10.6 Å². The molecule has 1 amide bonds. The number of hydrogen-bond acceptors (Lipinski definition) is 4. The van der Waals surface area contributed by atoms with Gasteiger partial charge in [-0.1, -0.05) is 0 Å². The standard InChI is InChI=1S/C11H17N3OS.2ClH/c1-7-6-16-11(13-7)8(2)14-10(15)9-3-4-12-5-9;;/h6,8-9,12H,3-5H2,1-2H3,(H,14,15);2*1H. The Balaban J connectivity index is 0.00000144. The van der Waals surface area contributed by atoms with E-state index in [1.165, 1.54) is 0 Å². The maximum Gasteiger partial charge on any atom is 0.224 e. The summed E-state index contributed by atoms with van der Waals surface area (Å²) in [6.07, 6.45) is 0.940. The highest BCUT2D eigenvalue weighted by molar-refractivity contribution is 7.09. The molecule has 2 atom stereocenters. The molecule has 2 N–H and O–H groups in total. The molecule has 1 aliphatic rings. The number of nitrogens with zero attached hydrogens (tertiary/aromatic N) is 1. The molecule has 0 spiro atoms. The Morgan fingerprint density at radius 3 is 2.83 bits per heavy atom. The number of carbonyl (C=O) groups excluding carboxylic acids is 1. The summed E-state index contributed by atoms with van der Waals surface area (Å²) in [5, 5.41) is 9.21. The first-order valence-electron chi connectivity index (χ1n) is 5.60. The fourth-order valence-electron chi connectivity index (χ4n) is 1.84. The second-order valence-corrected chi connectivity index (χ2v) is 5.14. The van der Waals surface area contributed by atoms with Gasteiger partial charge in [-0.3, -0.25) is 4.79 Å². The summed E-state index contributed by atoms with van der Waals surface area (Å²) in [6.45, 7) is 5.70. The second kappa shape index (κ2) is 7.94. The Morgan fingerprint density at radius 1 is 1.61 bits per heavy atom. The summed E-state index contributed by atoms with van der Waals surface area (Å²) < 4.78 is 0. The third-order valence-electron chi connectivity index (χ3n) is 2.80. The Morgan fingerprint density at radius 2 is 2.33 bits per heavy atom. The van der Waals surface area contributed by atoms with Crippen LogP contribution in [0.2, 0.25) is 0 Å². The highest BCUT2D eigenvalue weighted by Crippen LogP contribution is 2.18. The van der Waals surface area contributed by atoms with Gasteiger partial charge in [-0.15, -0.1) is 36.2 Å². The summed E-state index contributed by atoms with van der Waals surface area (Å²) in [7, 11) is 0. The van der Waals surface area contributed by atoms with E-state index >= 15 is 0 Å². The molecule has 1 saturated heterocycles. The molecule has 104 valence electrons. The van der Waals surface area contributed by atoms with Crippen molar-refractivity contribution in [3.63, 3.8) is 0 Å². The molecule has 7 heteroatoms. The van der Waals surface area contributed by atoms with Crippen LogP contribution in [0, 0.1) is 12.8 Å². The zero-order valence-corrected chi connectivity index (χ0v) is 12.9. The second-order valence-electron chi connectivity index (χ2n) is 4.25. The van der Waals surface area contributed by atoms with E-state index in [9.17, 15) is 4.79 Å². The van der Waals surface area contributed by atoms with Crippen LogP contribution in [0.4, 0.5) is 0 Å². The quantitative estimate of drug-likeness (QED) is 0.898. The average molecular weight is 312 g/mol. The van der Waals surface area contributed by atoms with Crippen LogP contribution in [0.15, 0.2) is 5.38 Å². The lowest BCUT2D eigenvalue weighted by atomic mass is 10.1. The van der Waals surface area contributed by atoms with Gasteiger partial charge >= 0.3 is 0 Å². The van der Waals surface area contributed by atoms with Crippen LogP contribution < -0.4 is 10.6 Å². The molecular formula is C11H19Cl2N3OS. The molecule has 0 aliphatic carbocycles. The Labute approximate surface area is 124 Å². The van der Waals surface area contributed by atoms with E-state index in [-0.39, 0.29) is 42.7 Å². The van der Waals surface area contributed by atoms with Crippen molar-refractivity contribution in [1.29, 1.82) is 0 Å². The maximum absolute atomic E-state index is 11.9. The molecular weight excluding hydrogens is 293 g/mol. The molecule has 2 rings (SSSR count). The Hall–Kier alpha value is -0.360. The van der Waals surface area contributed by atoms with Gasteiger partial charge in [0.25, 0.3) is 0 Å². The molecule has 2 unspecified atom stereocenters. The van der Waals surface area contributed by atoms with Crippen LogP contribution in [0.1, 0.15) is 30.1 Å². The first-order valence-corrected chi connectivity index (χ1v) is 6.48. The van der Waals surface area contributed by atoms with Gasteiger partial charge in [-0.2, -0.15) is 0 Å². The first kappa shape index (κ1) is 17.6. The molecule has 0 saturated carbocycles. The van der Waals surface area contributed by atoms with E-state index in [0.717, 1.165) is 30.2 Å². The topological polar surface area (TPSA) is 54.0 Å².